The fourth-order valence-electron chi connectivity index (χ4n) is 5.33. The molecule has 0 bridgehead atoms. The van der Waals surface area contributed by atoms with Gasteiger partial charge in [0.05, 0.1) is 6.20 Å². The summed E-state index contributed by atoms with van der Waals surface area (Å²) >= 11 is 0. The number of rotatable bonds is 3. The van der Waals surface area contributed by atoms with Crippen molar-refractivity contribution in [3.05, 3.63) is 94.4 Å². The summed E-state index contributed by atoms with van der Waals surface area (Å²) in [7, 11) is 2.19. The number of nitrogens with one attached hydrogen (secondary N) is 1. The van der Waals surface area contributed by atoms with Gasteiger partial charge < -0.3 is 10.2 Å². The number of imidazole rings is 1. The average Bonchev–Trinajstić information content (AvgIpc) is 3.53. The Labute approximate surface area is 217 Å². The number of aryl methyl sites for hydroxylation is 2. The van der Waals surface area contributed by atoms with Gasteiger partial charge in [-0.3, -0.25) is 9.69 Å². The Morgan fingerprint density at radius 1 is 1.05 bits per heavy atom. The first-order chi connectivity index (χ1) is 18.0. The number of hydrogen-bond acceptors (Lipinski definition) is 5. The van der Waals surface area contributed by atoms with Crippen molar-refractivity contribution in [3.8, 4) is 11.8 Å². The van der Waals surface area contributed by atoms with Crippen molar-refractivity contribution >= 4 is 17.2 Å². The van der Waals surface area contributed by atoms with E-state index in [1.807, 2.05) is 43.3 Å². The van der Waals surface area contributed by atoms with E-state index in [1.54, 1.807) is 16.9 Å². The number of carbonyl (C=O) groups excluding carboxylic acids is 1. The summed E-state index contributed by atoms with van der Waals surface area (Å²) in [6, 6.07) is 16.3. The second-order valence-electron chi connectivity index (χ2n) is 9.98. The van der Waals surface area contributed by atoms with Gasteiger partial charge >= 0.3 is 0 Å². The smallest absolute Gasteiger partial charge is 0.255 e. The molecule has 4 aromatic rings. The monoisotopic (exact) mass is 490 g/mol. The number of aromatic nitrogens is 3. The lowest BCUT2D eigenvalue weighted by Gasteiger charge is -2.36. The summed E-state index contributed by atoms with van der Waals surface area (Å²) in [5, 5.41) is 7.38. The standard InChI is InChI=1S/C30H30N6O/c1-21-5-9-25(19-22(21)6-10-26-20-31-29-4-3-13-32-36(26)29)33-30(37)24-7-11-27-23(18-24)8-12-28(27)35-16-14-34(2)15-17-35/h3-5,7,9,11,13,18-20,28H,8,12,14-17H2,1-2H3,(H,33,37). The molecular weight excluding hydrogens is 460 g/mol. The van der Waals surface area contributed by atoms with Gasteiger partial charge in [-0.25, -0.2) is 9.50 Å². The van der Waals surface area contributed by atoms with E-state index in [2.05, 4.69) is 56.2 Å². The van der Waals surface area contributed by atoms with Crippen LogP contribution in [-0.2, 0) is 6.42 Å². The third-order valence-electron chi connectivity index (χ3n) is 7.53. The topological polar surface area (TPSA) is 65.8 Å². The zero-order chi connectivity index (χ0) is 25.4. The van der Waals surface area contributed by atoms with Crippen LogP contribution in [0.1, 0.15) is 50.8 Å². The fraction of sp³-hybridized carbons (Fsp3) is 0.300. The molecule has 0 spiro atoms. The van der Waals surface area contributed by atoms with E-state index in [0.29, 0.717) is 11.6 Å². The molecule has 1 fully saturated rings. The highest BCUT2D eigenvalue weighted by Crippen LogP contribution is 2.36. The van der Waals surface area contributed by atoms with Gasteiger partial charge in [-0.2, -0.15) is 5.10 Å². The molecule has 7 heteroatoms. The second kappa shape index (κ2) is 9.81. The van der Waals surface area contributed by atoms with Crippen LogP contribution in [-0.4, -0.2) is 63.5 Å². The van der Waals surface area contributed by atoms with Crippen LogP contribution in [0.15, 0.2) is 60.9 Å². The van der Waals surface area contributed by atoms with Crippen molar-refractivity contribution < 1.29 is 4.79 Å². The normalized spacial score (nSPS) is 17.8. The fourth-order valence-corrected chi connectivity index (χ4v) is 5.33. The van der Waals surface area contributed by atoms with Crippen molar-refractivity contribution in [2.45, 2.75) is 25.8 Å². The molecule has 2 aromatic heterocycles. The van der Waals surface area contributed by atoms with Crippen LogP contribution in [0.5, 0.6) is 0 Å². The molecule has 37 heavy (non-hydrogen) atoms. The van der Waals surface area contributed by atoms with Crippen LogP contribution >= 0.6 is 0 Å². The first-order valence-corrected chi connectivity index (χ1v) is 12.8. The minimum Gasteiger partial charge on any atom is -0.322 e. The lowest BCUT2D eigenvalue weighted by Crippen LogP contribution is -2.45. The molecule has 1 saturated heterocycles. The number of fused-ring (bicyclic) bond motifs is 2. The van der Waals surface area contributed by atoms with E-state index >= 15 is 0 Å². The van der Waals surface area contributed by atoms with Crippen LogP contribution < -0.4 is 5.32 Å². The molecule has 1 aliphatic carbocycles. The number of likely N-dealkylation sites (N-methyl/N-ethyl adjacent to an activating group) is 1. The SMILES string of the molecule is Cc1ccc(NC(=O)c2ccc3c(c2)CCC3N2CCN(C)CC2)cc1C#Cc1cnc2cccnn12. The first-order valence-electron chi connectivity index (χ1n) is 12.8. The van der Waals surface area contributed by atoms with E-state index in [9.17, 15) is 4.79 Å². The van der Waals surface area contributed by atoms with Crippen LogP contribution in [0.3, 0.4) is 0 Å². The Morgan fingerprint density at radius 3 is 2.78 bits per heavy atom. The van der Waals surface area contributed by atoms with Gasteiger partial charge in [-0.1, -0.05) is 18.1 Å². The number of amides is 1. The lowest BCUT2D eigenvalue weighted by atomic mass is 10.0. The molecule has 1 aliphatic heterocycles. The quantitative estimate of drug-likeness (QED) is 0.441. The molecule has 1 unspecified atom stereocenters. The zero-order valence-electron chi connectivity index (χ0n) is 21.2. The van der Waals surface area contributed by atoms with Crippen molar-refractivity contribution in [2.75, 3.05) is 38.5 Å². The first kappa shape index (κ1) is 23.4. The largest absolute Gasteiger partial charge is 0.322 e. The van der Waals surface area contributed by atoms with E-state index in [1.165, 1.54) is 11.1 Å². The minimum atomic E-state index is -0.0976. The highest BCUT2D eigenvalue weighted by Gasteiger charge is 2.30. The summed E-state index contributed by atoms with van der Waals surface area (Å²) in [4.78, 5) is 22.5. The number of hydrogen-bond donors (Lipinski definition) is 1. The minimum absolute atomic E-state index is 0.0976. The lowest BCUT2D eigenvalue weighted by molar-refractivity contribution is 0.102. The predicted octanol–water partition coefficient (Wildman–Crippen LogP) is 3.92. The van der Waals surface area contributed by atoms with Gasteiger partial charge in [0.25, 0.3) is 5.91 Å². The Bertz CT molecular complexity index is 1540. The van der Waals surface area contributed by atoms with Crippen molar-refractivity contribution in [1.82, 2.24) is 24.4 Å². The van der Waals surface area contributed by atoms with Crippen molar-refractivity contribution in [2.24, 2.45) is 0 Å². The Hall–Kier alpha value is -3.99. The van der Waals surface area contributed by atoms with E-state index in [4.69, 9.17) is 0 Å². The van der Waals surface area contributed by atoms with Crippen molar-refractivity contribution in [3.63, 3.8) is 0 Å². The maximum Gasteiger partial charge on any atom is 0.255 e. The van der Waals surface area contributed by atoms with E-state index in [0.717, 1.165) is 67.2 Å². The van der Waals surface area contributed by atoms with Gasteiger partial charge in [0.15, 0.2) is 5.65 Å². The average molecular weight is 491 g/mol. The molecule has 2 aromatic carbocycles. The third kappa shape index (κ3) is 4.74. The molecular formula is C30H30N6O. The molecule has 6 rings (SSSR count). The maximum absolute atomic E-state index is 13.1. The number of anilines is 1. The highest BCUT2D eigenvalue weighted by atomic mass is 16.1. The van der Waals surface area contributed by atoms with Gasteiger partial charge in [0.1, 0.15) is 5.69 Å². The van der Waals surface area contributed by atoms with Gasteiger partial charge in [-0.15, -0.1) is 0 Å². The Kier molecular flexibility index (Phi) is 6.21. The number of carbonyl (C=O) groups is 1. The van der Waals surface area contributed by atoms with Crippen molar-refractivity contribution in [1.29, 1.82) is 0 Å². The maximum atomic E-state index is 13.1. The van der Waals surface area contributed by atoms with Gasteiger partial charge in [0.2, 0.25) is 0 Å². The number of piperazine rings is 1. The Morgan fingerprint density at radius 2 is 1.92 bits per heavy atom. The van der Waals surface area contributed by atoms with Crippen LogP contribution in [0, 0.1) is 18.8 Å². The third-order valence-corrected chi connectivity index (χ3v) is 7.53. The number of benzene rings is 2. The second-order valence-corrected chi connectivity index (χ2v) is 9.98. The van der Waals surface area contributed by atoms with Crippen LogP contribution in [0.4, 0.5) is 5.69 Å². The summed E-state index contributed by atoms with van der Waals surface area (Å²) in [5.74, 6) is 6.29. The van der Waals surface area contributed by atoms with Crippen LogP contribution in [0.25, 0.3) is 5.65 Å². The zero-order valence-corrected chi connectivity index (χ0v) is 21.2. The predicted molar refractivity (Wildman–Crippen MR) is 145 cm³/mol. The van der Waals surface area contributed by atoms with Gasteiger partial charge in [0, 0.05) is 55.2 Å². The van der Waals surface area contributed by atoms with E-state index < -0.39 is 0 Å². The summed E-state index contributed by atoms with van der Waals surface area (Å²) in [5.41, 5.74) is 7.48. The summed E-state index contributed by atoms with van der Waals surface area (Å²) < 4.78 is 1.72. The molecule has 2 aliphatic rings. The molecule has 1 N–H and O–H groups in total. The molecule has 0 saturated carbocycles. The molecule has 0 radical (unpaired) electrons. The molecule has 3 heterocycles. The Balaban J connectivity index is 1.18. The molecule has 7 nitrogen and oxygen atoms in total. The van der Waals surface area contributed by atoms with Gasteiger partial charge in [-0.05, 0) is 85.8 Å². The summed E-state index contributed by atoms with van der Waals surface area (Å²) in [6.07, 6.45) is 5.59. The molecule has 1 atom stereocenters. The van der Waals surface area contributed by atoms with E-state index in [-0.39, 0.29) is 5.91 Å². The number of nitrogens with zero attached hydrogens (tertiary/aromatic N) is 5. The summed E-state index contributed by atoms with van der Waals surface area (Å²) in [6.45, 7) is 6.46. The molecule has 1 amide bonds. The van der Waals surface area contributed by atoms with Crippen LogP contribution in [0.2, 0.25) is 0 Å². The highest BCUT2D eigenvalue weighted by molar-refractivity contribution is 6.04. The molecule has 186 valence electrons.